The zero-order chi connectivity index (χ0) is 19.7. The number of aromatic hydroxyl groups is 1. The first-order chi connectivity index (χ1) is 13.5. The molecule has 0 bridgehead atoms. The van der Waals surface area contributed by atoms with Crippen LogP contribution in [-0.4, -0.2) is 60.2 Å². The Hall–Kier alpha value is -2.83. The van der Waals surface area contributed by atoms with E-state index in [2.05, 4.69) is 26.9 Å². The summed E-state index contributed by atoms with van der Waals surface area (Å²) in [6.45, 7) is 6.27. The maximum absolute atomic E-state index is 13.8. The Balaban J connectivity index is 1.38. The molecule has 148 valence electrons. The highest BCUT2D eigenvalue weighted by Crippen LogP contribution is 2.25. The summed E-state index contributed by atoms with van der Waals surface area (Å²) >= 11 is 0. The summed E-state index contributed by atoms with van der Waals surface area (Å²) in [4.78, 5) is 23.5. The lowest BCUT2D eigenvalue weighted by atomic mass is 10.1. The van der Waals surface area contributed by atoms with Crippen molar-refractivity contribution in [2.45, 2.75) is 19.8 Å². The van der Waals surface area contributed by atoms with Gasteiger partial charge in [0.25, 0.3) is 5.91 Å². The van der Waals surface area contributed by atoms with Crippen LogP contribution in [0.4, 0.5) is 15.9 Å². The van der Waals surface area contributed by atoms with Crippen LogP contribution in [0.3, 0.4) is 0 Å². The monoisotopic (exact) mass is 384 g/mol. The number of amides is 1. The highest BCUT2D eigenvalue weighted by Gasteiger charge is 2.24. The molecule has 1 aromatic carbocycles. The number of carbonyl (C=O) groups excluding carboxylic acids is 1. The van der Waals surface area contributed by atoms with E-state index in [4.69, 9.17) is 0 Å². The second-order valence-electron chi connectivity index (χ2n) is 7.47. The van der Waals surface area contributed by atoms with Gasteiger partial charge in [0.05, 0.1) is 11.9 Å². The highest BCUT2D eigenvalue weighted by atomic mass is 19.1. The Morgan fingerprint density at radius 2 is 1.75 bits per heavy atom. The molecule has 6 nitrogen and oxygen atoms in total. The molecule has 28 heavy (non-hydrogen) atoms. The van der Waals surface area contributed by atoms with Crippen LogP contribution in [0.15, 0.2) is 30.5 Å². The van der Waals surface area contributed by atoms with E-state index in [1.165, 1.54) is 18.9 Å². The summed E-state index contributed by atoms with van der Waals surface area (Å²) in [5.41, 5.74) is 1.70. The molecule has 2 fully saturated rings. The third kappa shape index (κ3) is 3.61. The van der Waals surface area contributed by atoms with Gasteiger partial charge in [-0.25, -0.2) is 9.37 Å². The molecular formula is C21H25FN4O2. The van der Waals surface area contributed by atoms with E-state index in [-0.39, 0.29) is 11.5 Å². The molecule has 0 unspecified atom stereocenters. The zero-order valence-corrected chi connectivity index (χ0v) is 16.1. The summed E-state index contributed by atoms with van der Waals surface area (Å²) in [5.74, 6) is -0.332. The number of nitrogens with zero attached hydrogens (tertiary/aromatic N) is 4. The number of carbonyl (C=O) groups is 1. The zero-order valence-electron chi connectivity index (χ0n) is 16.1. The van der Waals surface area contributed by atoms with Crippen molar-refractivity contribution in [1.82, 2.24) is 9.88 Å². The van der Waals surface area contributed by atoms with Gasteiger partial charge in [-0.05, 0) is 49.6 Å². The van der Waals surface area contributed by atoms with Gasteiger partial charge in [0.15, 0.2) is 11.6 Å². The van der Waals surface area contributed by atoms with Crippen LogP contribution in [0, 0.1) is 12.7 Å². The van der Waals surface area contributed by atoms with Crippen molar-refractivity contribution in [3.8, 4) is 5.75 Å². The molecule has 2 aliphatic heterocycles. The van der Waals surface area contributed by atoms with Gasteiger partial charge in [0.1, 0.15) is 5.82 Å². The molecule has 2 saturated heterocycles. The molecule has 0 radical (unpaired) electrons. The van der Waals surface area contributed by atoms with Gasteiger partial charge in [-0.1, -0.05) is 0 Å². The van der Waals surface area contributed by atoms with Crippen molar-refractivity contribution >= 4 is 17.4 Å². The number of hydrogen-bond donors (Lipinski definition) is 1. The molecule has 0 spiro atoms. The number of aryl methyl sites for hydroxylation is 1. The van der Waals surface area contributed by atoms with E-state index in [1.54, 1.807) is 11.8 Å². The van der Waals surface area contributed by atoms with Gasteiger partial charge < -0.3 is 19.8 Å². The molecule has 4 rings (SSSR count). The van der Waals surface area contributed by atoms with Gasteiger partial charge in [-0.15, -0.1) is 0 Å². The predicted molar refractivity (Wildman–Crippen MR) is 107 cm³/mol. The lowest BCUT2D eigenvalue weighted by molar-refractivity contribution is 0.0746. The third-order valence-corrected chi connectivity index (χ3v) is 5.60. The second-order valence-corrected chi connectivity index (χ2v) is 7.47. The fourth-order valence-electron chi connectivity index (χ4n) is 3.91. The standard InChI is InChI=1S/C21H25FN4O2/c1-15-12-16(13-18(22)20(15)27)21(28)26-10-8-24(9-11-26)17-4-5-19(23-14-17)25-6-2-3-7-25/h4-5,12-14,27H,2-3,6-11H2,1H3. The van der Waals surface area contributed by atoms with E-state index >= 15 is 0 Å². The lowest BCUT2D eigenvalue weighted by Gasteiger charge is -2.36. The molecule has 0 atom stereocenters. The minimum Gasteiger partial charge on any atom is -0.505 e. The quantitative estimate of drug-likeness (QED) is 0.882. The Kier molecular flexibility index (Phi) is 5.07. The molecule has 7 heteroatoms. The number of rotatable bonds is 3. The van der Waals surface area contributed by atoms with Crippen molar-refractivity contribution in [3.63, 3.8) is 0 Å². The maximum atomic E-state index is 13.8. The number of aromatic nitrogens is 1. The minimum atomic E-state index is -0.758. The molecule has 1 amide bonds. The third-order valence-electron chi connectivity index (χ3n) is 5.60. The number of halogens is 1. The molecule has 3 heterocycles. The van der Waals surface area contributed by atoms with Crippen LogP contribution in [-0.2, 0) is 0 Å². The summed E-state index contributed by atoms with van der Waals surface area (Å²) < 4.78 is 13.8. The molecule has 1 N–H and O–H groups in total. The average Bonchev–Trinajstić information content (AvgIpc) is 3.26. The molecule has 2 aliphatic rings. The summed E-state index contributed by atoms with van der Waals surface area (Å²) in [6.07, 6.45) is 4.36. The lowest BCUT2D eigenvalue weighted by Crippen LogP contribution is -2.48. The van der Waals surface area contributed by atoms with Gasteiger partial charge in [0.2, 0.25) is 0 Å². The largest absolute Gasteiger partial charge is 0.505 e. The Morgan fingerprint density at radius 3 is 2.36 bits per heavy atom. The first-order valence-electron chi connectivity index (χ1n) is 9.77. The number of anilines is 2. The number of phenols is 1. The molecule has 0 aliphatic carbocycles. The van der Waals surface area contributed by atoms with Gasteiger partial charge in [-0.3, -0.25) is 4.79 Å². The van der Waals surface area contributed by atoms with Crippen LogP contribution >= 0.6 is 0 Å². The number of phenolic OH excluding ortho intramolecular Hbond substituents is 1. The number of benzene rings is 1. The normalized spacial score (nSPS) is 17.3. The molecule has 0 saturated carbocycles. The second kappa shape index (κ2) is 7.66. The topological polar surface area (TPSA) is 59.9 Å². The molecule has 1 aromatic heterocycles. The van der Waals surface area contributed by atoms with Crippen molar-refractivity contribution in [2.24, 2.45) is 0 Å². The molecule has 2 aromatic rings. The number of piperazine rings is 1. The van der Waals surface area contributed by atoms with Crippen LogP contribution < -0.4 is 9.80 Å². The van der Waals surface area contributed by atoms with E-state index in [0.717, 1.165) is 30.7 Å². The van der Waals surface area contributed by atoms with Gasteiger partial charge >= 0.3 is 0 Å². The van der Waals surface area contributed by atoms with E-state index in [9.17, 15) is 14.3 Å². The first-order valence-corrected chi connectivity index (χ1v) is 9.77. The van der Waals surface area contributed by atoms with Crippen molar-refractivity contribution in [3.05, 3.63) is 47.4 Å². The SMILES string of the molecule is Cc1cc(C(=O)N2CCN(c3ccc(N4CCCC4)nc3)CC2)cc(F)c1O. The fraction of sp³-hybridized carbons (Fsp3) is 0.429. The molecular weight excluding hydrogens is 359 g/mol. The number of pyridine rings is 1. The minimum absolute atomic E-state index is 0.204. The van der Waals surface area contributed by atoms with Crippen LogP contribution in [0.1, 0.15) is 28.8 Å². The maximum Gasteiger partial charge on any atom is 0.254 e. The smallest absolute Gasteiger partial charge is 0.254 e. The van der Waals surface area contributed by atoms with Gasteiger partial charge in [0, 0.05) is 44.8 Å². The highest BCUT2D eigenvalue weighted by molar-refractivity contribution is 5.94. The summed E-state index contributed by atoms with van der Waals surface area (Å²) in [7, 11) is 0. The van der Waals surface area contributed by atoms with Crippen molar-refractivity contribution < 1.29 is 14.3 Å². The number of hydrogen-bond acceptors (Lipinski definition) is 5. The Labute approximate surface area is 164 Å². The predicted octanol–water partition coefficient (Wildman–Crippen LogP) is 2.80. The van der Waals surface area contributed by atoms with E-state index < -0.39 is 11.6 Å². The summed E-state index contributed by atoms with van der Waals surface area (Å²) in [5, 5.41) is 9.56. The van der Waals surface area contributed by atoms with Crippen molar-refractivity contribution in [1.29, 1.82) is 0 Å². The first kappa shape index (κ1) is 18.5. The summed E-state index contributed by atoms with van der Waals surface area (Å²) in [6, 6.07) is 6.81. The Bertz CT molecular complexity index is 834. The average molecular weight is 384 g/mol. The Morgan fingerprint density at radius 1 is 1.04 bits per heavy atom. The van der Waals surface area contributed by atoms with E-state index in [0.29, 0.717) is 31.7 Å². The van der Waals surface area contributed by atoms with Gasteiger partial charge in [-0.2, -0.15) is 0 Å². The van der Waals surface area contributed by atoms with Crippen molar-refractivity contribution in [2.75, 3.05) is 49.1 Å². The van der Waals surface area contributed by atoms with Crippen LogP contribution in [0.25, 0.3) is 0 Å². The fourth-order valence-corrected chi connectivity index (χ4v) is 3.91. The van der Waals surface area contributed by atoms with Crippen LogP contribution in [0.5, 0.6) is 5.75 Å². The van der Waals surface area contributed by atoms with Crippen LogP contribution in [0.2, 0.25) is 0 Å². The van der Waals surface area contributed by atoms with E-state index in [1.807, 2.05) is 6.20 Å².